The number of ketones is 1. The Kier molecular flexibility index (Phi) is 4.89. The van der Waals surface area contributed by atoms with Crippen molar-refractivity contribution in [2.24, 2.45) is 0 Å². The fourth-order valence-electron chi connectivity index (χ4n) is 2.98. The molecule has 1 amide bonds. The van der Waals surface area contributed by atoms with E-state index in [4.69, 9.17) is 0 Å². The number of rotatable bonds is 2. The van der Waals surface area contributed by atoms with Gasteiger partial charge >= 0.3 is 6.18 Å². The molecular weight excluding hydrogens is 465 g/mol. The Hall–Kier alpha value is -2.24. The van der Waals surface area contributed by atoms with Gasteiger partial charge in [-0.1, -0.05) is 28.1 Å². The smallest absolute Gasteiger partial charge is 0.324 e. The van der Waals surface area contributed by atoms with E-state index >= 15 is 0 Å². The highest BCUT2D eigenvalue weighted by molar-refractivity contribution is 9.10. The summed E-state index contributed by atoms with van der Waals surface area (Å²) in [6, 6.07) is 10.0. The normalized spacial score (nSPS) is 21.8. The summed E-state index contributed by atoms with van der Waals surface area (Å²) >= 11 is 3.15. The Bertz CT molecular complexity index is 1070. The van der Waals surface area contributed by atoms with Gasteiger partial charge in [0.05, 0.1) is 4.90 Å². The summed E-state index contributed by atoms with van der Waals surface area (Å²) in [7, 11) is -4.20. The molecule has 0 bridgehead atoms. The first-order valence-corrected chi connectivity index (χ1v) is 9.94. The van der Waals surface area contributed by atoms with Crippen LogP contribution in [-0.4, -0.2) is 43.2 Å². The van der Waals surface area contributed by atoms with Crippen LogP contribution in [0.25, 0.3) is 0 Å². The van der Waals surface area contributed by atoms with Gasteiger partial charge in [0.25, 0.3) is 11.4 Å². The van der Waals surface area contributed by atoms with Gasteiger partial charge in [0.2, 0.25) is 15.8 Å². The lowest BCUT2D eigenvalue weighted by atomic mass is 9.86. The summed E-state index contributed by atoms with van der Waals surface area (Å²) in [6.45, 7) is 0. The summed E-state index contributed by atoms with van der Waals surface area (Å²) in [6.07, 6.45) is -5.51. The number of carbonyl (C=O) groups excluding carboxylic acids is 2. The number of likely N-dealkylation sites (N-methyl/N-ethyl adjacent to an activating group) is 1. The second-order valence-electron chi connectivity index (χ2n) is 5.97. The van der Waals surface area contributed by atoms with Gasteiger partial charge in [-0.05, 0) is 36.4 Å². The molecule has 0 spiro atoms. The van der Waals surface area contributed by atoms with Crippen LogP contribution in [0.2, 0.25) is 0 Å². The number of Topliss-reactive ketones (excluding diaryl/α,β-unsaturated/α-hetero) is 1. The number of nitrogens with one attached hydrogen (secondary N) is 1. The first kappa shape index (κ1) is 20.5. The summed E-state index contributed by atoms with van der Waals surface area (Å²) in [4.78, 5) is 25.1. The van der Waals surface area contributed by atoms with E-state index in [0.29, 0.717) is 11.5 Å². The van der Waals surface area contributed by atoms with Crippen molar-refractivity contribution in [3.8, 4) is 0 Å². The lowest BCUT2D eigenvalue weighted by Gasteiger charge is -2.42. The number of sulfonamides is 1. The molecule has 2 aromatic rings. The van der Waals surface area contributed by atoms with E-state index in [9.17, 15) is 31.2 Å². The van der Waals surface area contributed by atoms with Gasteiger partial charge in [-0.3, -0.25) is 9.59 Å². The molecule has 3 rings (SSSR count). The molecule has 0 saturated carbocycles. The number of amides is 1. The zero-order valence-electron chi connectivity index (χ0n) is 14.1. The van der Waals surface area contributed by atoms with Crippen LogP contribution in [0.5, 0.6) is 0 Å². The minimum Gasteiger partial charge on any atom is -0.324 e. The highest BCUT2D eigenvalue weighted by Crippen LogP contribution is 2.45. The predicted octanol–water partition coefficient (Wildman–Crippen LogP) is 3.21. The largest absolute Gasteiger partial charge is 0.424 e. The number of nitrogens with zero attached hydrogens (tertiary/aromatic N) is 1. The third kappa shape index (κ3) is 2.85. The number of hydrogen-bond acceptors (Lipinski definition) is 4. The molecule has 1 unspecified atom stereocenters. The van der Waals surface area contributed by atoms with Crippen molar-refractivity contribution in [2.75, 3.05) is 12.4 Å². The summed E-state index contributed by atoms with van der Waals surface area (Å²) < 4.78 is 68.3. The molecule has 0 aromatic heterocycles. The van der Waals surface area contributed by atoms with Crippen LogP contribution < -0.4 is 5.32 Å². The summed E-state index contributed by atoms with van der Waals surface area (Å²) in [5, 5.41) is 2.01. The number of hydrogen-bond donors (Lipinski definition) is 1. The maximum Gasteiger partial charge on any atom is 0.424 e. The Morgan fingerprint density at radius 3 is 2.25 bits per heavy atom. The van der Waals surface area contributed by atoms with Crippen molar-refractivity contribution >= 4 is 43.3 Å². The van der Waals surface area contributed by atoms with Crippen molar-refractivity contribution in [3.63, 3.8) is 0 Å². The number of fused-ring (bicyclic) bond motifs is 1. The first-order chi connectivity index (χ1) is 12.9. The summed E-state index contributed by atoms with van der Waals surface area (Å²) in [5.41, 5.74) is -4.66. The zero-order valence-corrected chi connectivity index (χ0v) is 16.5. The molecule has 1 aliphatic heterocycles. The monoisotopic (exact) mass is 476 g/mol. The Balaban J connectivity index is 2.23. The average molecular weight is 477 g/mol. The summed E-state index contributed by atoms with van der Waals surface area (Å²) in [5.74, 6) is -3.48. The average Bonchev–Trinajstić information content (AvgIpc) is 2.62. The van der Waals surface area contributed by atoms with Gasteiger partial charge in [0, 0.05) is 22.8 Å². The molecular formula is C17H12BrF3N2O4S. The second-order valence-corrected chi connectivity index (χ2v) is 8.82. The topological polar surface area (TPSA) is 83.6 Å². The quantitative estimate of drug-likeness (QED) is 0.674. The number of halogens is 4. The third-order valence-corrected chi connectivity index (χ3v) is 6.85. The predicted molar refractivity (Wildman–Crippen MR) is 97.3 cm³/mol. The van der Waals surface area contributed by atoms with E-state index in [1.54, 1.807) is 0 Å². The molecule has 148 valence electrons. The van der Waals surface area contributed by atoms with E-state index in [1.165, 1.54) is 36.4 Å². The highest BCUT2D eigenvalue weighted by Gasteiger charge is 2.73. The molecule has 0 aliphatic carbocycles. The molecule has 0 radical (unpaired) electrons. The minimum atomic E-state index is -5.51. The highest BCUT2D eigenvalue weighted by atomic mass is 79.9. The van der Waals surface area contributed by atoms with Crippen molar-refractivity contribution < 1.29 is 31.2 Å². The molecule has 6 nitrogen and oxygen atoms in total. The van der Waals surface area contributed by atoms with Crippen molar-refractivity contribution in [1.29, 1.82) is 0 Å². The second kappa shape index (κ2) is 6.68. The molecule has 2 aromatic carbocycles. The molecule has 1 atom stereocenters. The van der Waals surface area contributed by atoms with E-state index in [1.807, 2.05) is 5.32 Å². The molecule has 1 heterocycles. The van der Waals surface area contributed by atoms with Gasteiger partial charge in [-0.15, -0.1) is 0 Å². The van der Waals surface area contributed by atoms with Crippen LogP contribution in [0.15, 0.2) is 57.9 Å². The van der Waals surface area contributed by atoms with E-state index in [0.717, 1.165) is 12.1 Å². The molecule has 1 N–H and O–H groups in total. The number of benzene rings is 2. The molecule has 0 fully saturated rings. The van der Waals surface area contributed by atoms with Gasteiger partial charge in [0.1, 0.15) is 0 Å². The van der Waals surface area contributed by atoms with Crippen LogP contribution in [0, 0.1) is 0 Å². The SMILES string of the molecule is CN1C(C(=O)Nc2ccc(Br)cc2)(C(F)(F)F)C(=O)c2ccccc2S1(=O)=O. The fraction of sp³-hybridized carbons (Fsp3) is 0.176. The lowest BCUT2D eigenvalue weighted by Crippen LogP contribution is -2.72. The van der Waals surface area contributed by atoms with Gasteiger partial charge in [-0.25, -0.2) is 8.42 Å². The maximum atomic E-state index is 14.2. The van der Waals surface area contributed by atoms with Crippen LogP contribution in [0.4, 0.5) is 18.9 Å². The van der Waals surface area contributed by atoms with Crippen molar-refractivity contribution in [2.45, 2.75) is 16.6 Å². The third-order valence-electron chi connectivity index (χ3n) is 4.41. The van der Waals surface area contributed by atoms with Crippen molar-refractivity contribution in [3.05, 3.63) is 58.6 Å². The first-order valence-electron chi connectivity index (χ1n) is 7.70. The minimum absolute atomic E-state index is 0.0331. The van der Waals surface area contributed by atoms with Gasteiger partial charge < -0.3 is 5.32 Å². The number of alkyl halides is 3. The molecule has 28 heavy (non-hydrogen) atoms. The number of carbonyl (C=O) groups is 2. The lowest BCUT2D eigenvalue weighted by molar-refractivity contribution is -0.197. The Labute approximate surface area is 166 Å². The number of anilines is 1. The molecule has 11 heteroatoms. The van der Waals surface area contributed by atoms with Gasteiger partial charge in [0.15, 0.2) is 0 Å². The van der Waals surface area contributed by atoms with Crippen LogP contribution in [-0.2, 0) is 14.8 Å². The maximum absolute atomic E-state index is 14.2. The van der Waals surface area contributed by atoms with E-state index < -0.39 is 43.9 Å². The van der Waals surface area contributed by atoms with Crippen LogP contribution in [0.3, 0.4) is 0 Å². The van der Waals surface area contributed by atoms with E-state index in [2.05, 4.69) is 15.9 Å². The van der Waals surface area contributed by atoms with Crippen LogP contribution >= 0.6 is 15.9 Å². The van der Waals surface area contributed by atoms with Gasteiger partial charge in [-0.2, -0.15) is 17.5 Å². The standard InChI is InChI=1S/C17H12BrF3N2O4S/c1-23-16(17(19,20)21,15(25)22-11-8-6-10(18)7-9-11)14(24)12-4-2-3-5-13(12)28(23,26)27/h2-9H,1H3,(H,22,25). The van der Waals surface area contributed by atoms with Crippen molar-refractivity contribution in [1.82, 2.24) is 4.31 Å². The molecule has 0 saturated heterocycles. The fourth-order valence-corrected chi connectivity index (χ4v) is 4.86. The molecule has 1 aliphatic rings. The Morgan fingerprint density at radius 1 is 1.11 bits per heavy atom. The van der Waals surface area contributed by atoms with E-state index in [-0.39, 0.29) is 9.99 Å². The Morgan fingerprint density at radius 2 is 1.68 bits per heavy atom. The zero-order chi connectivity index (χ0) is 20.9. The van der Waals surface area contributed by atoms with Crippen LogP contribution in [0.1, 0.15) is 10.4 Å².